The SMILES string of the molecule is CCCOC(=O)CC(CC(C)C)c1ccccc1. The average molecular weight is 248 g/mol. The number of benzene rings is 1. The molecule has 0 heterocycles. The molecule has 0 fully saturated rings. The van der Waals surface area contributed by atoms with Crippen LogP contribution in [0.2, 0.25) is 0 Å². The first-order valence-electron chi connectivity index (χ1n) is 6.84. The number of rotatable bonds is 7. The van der Waals surface area contributed by atoms with Crippen molar-refractivity contribution < 1.29 is 9.53 Å². The van der Waals surface area contributed by atoms with E-state index in [-0.39, 0.29) is 11.9 Å². The Morgan fingerprint density at radius 1 is 1.22 bits per heavy atom. The number of hydrogen-bond donors (Lipinski definition) is 0. The maximum atomic E-state index is 11.7. The number of carbonyl (C=O) groups excluding carboxylic acids is 1. The molecule has 0 aliphatic carbocycles. The molecular formula is C16H24O2. The molecule has 0 radical (unpaired) electrons. The van der Waals surface area contributed by atoms with Gasteiger partial charge in [0.15, 0.2) is 0 Å². The van der Waals surface area contributed by atoms with Crippen molar-refractivity contribution in [1.29, 1.82) is 0 Å². The lowest BCUT2D eigenvalue weighted by Gasteiger charge is -2.18. The molecular weight excluding hydrogens is 224 g/mol. The third-order valence-corrected chi connectivity index (χ3v) is 2.91. The number of ether oxygens (including phenoxy) is 1. The van der Waals surface area contributed by atoms with Gasteiger partial charge in [0.05, 0.1) is 13.0 Å². The van der Waals surface area contributed by atoms with Crippen LogP contribution in [-0.4, -0.2) is 12.6 Å². The molecule has 2 heteroatoms. The van der Waals surface area contributed by atoms with Gasteiger partial charge in [0.1, 0.15) is 0 Å². The van der Waals surface area contributed by atoms with E-state index in [0.717, 1.165) is 12.8 Å². The van der Waals surface area contributed by atoms with Crippen molar-refractivity contribution in [2.75, 3.05) is 6.61 Å². The van der Waals surface area contributed by atoms with Crippen LogP contribution < -0.4 is 0 Å². The van der Waals surface area contributed by atoms with Crippen LogP contribution in [0.15, 0.2) is 30.3 Å². The molecule has 18 heavy (non-hydrogen) atoms. The second kappa shape index (κ2) is 7.91. The summed E-state index contributed by atoms with van der Waals surface area (Å²) >= 11 is 0. The van der Waals surface area contributed by atoms with Gasteiger partial charge in [-0.25, -0.2) is 0 Å². The summed E-state index contributed by atoms with van der Waals surface area (Å²) in [5.74, 6) is 0.774. The van der Waals surface area contributed by atoms with Crippen LogP contribution in [0.5, 0.6) is 0 Å². The number of esters is 1. The van der Waals surface area contributed by atoms with Crippen molar-refractivity contribution in [2.24, 2.45) is 5.92 Å². The normalized spacial score (nSPS) is 12.4. The molecule has 1 aromatic rings. The molecule has 1 unspecified atom stereocenters. The van der Waals surface area contributed by atoms with E-state index >= 15 is 0 Å². The average Bonchev–Trinajstić information content (AvgIpc) is 2.36. The molecule has 0 N–H and O–H groups in total. The first-order chi connectivity index (χ1) is 8.63. The smallest absolute Gasteiger partial charge is 0.306 e. The van der Waals surface area contributed by atoms with Gasteiger partial charge in [-0.2, -0.15) is 0 Å². The quantitative estimate of drug-likeness (QED) is 0.677. The third kappa shape index (κ3) is 5.35. The summed E-state index contributed by atoms with van der Waals surface area (Å²) in [6.45, 7) is 6.92. The van der Waals surface area contributed by atoms with Crippen LogP contribution in [0.1, 0.15) is 51.5 Å². The molecule has 0 aliphatic rings. The Labute approximate surface area is 110 Å². The molecule has 1 rings (SSSR count). The molecule has 0 saturated carbocycles. The Hall–Kier alpha value is -1.31. The lowest BCUT2D eigenvalue weighted by molar-refractivity contribution is -0.144. The predicted octanol–water partition coefficient (Wildman–Crippen LogP) is 4.16. The number of carbonyl (C=O) groups is 1. The van der Waals surface area contributed by atoms with Crippen molar-refractivity contribution in [3.8, 4) is 0 Å². The van der Waals surface area contributed by atoms with Gasteiger partial charge >= 0.3 is 5.97 Å². The third-order valence-electron chi connectivity index (χ3n) is 2.91. The van der Waals surface area contributed by atoms with Crippen molar-refractivity contribution in [2.45, 2.75) is 46.0 Å². The summed E-state index contributed by atoms with van der Waals surface area (Å²) < 4.78 is 5.19. The van der Waals surface area contributed by atoms with Gasteiger partial charge < -0.3 is 4.74 Å². The minimum Gasteiger partial charge on any atom is -0.466 e. The van der Waals surface area contributed by atoms with Crippen LogP contribution in [0, 0.1) is 5.92 Å². The lowest BCUT2D eigenvalue weighted by Crippen LogP contribution is -2.12. The first kappa shape index (κ1) is 14.7. The zero-order chi connectivity index (χ0) is 13.4. The van der Waals surface area contributed by atoms with Crippen LogP contribution in [0.3, 0.4) is 0 Å². The highest BCUT2D eigenvalue weighted by molar-refractivity contribution is 5.70. The van der Waals surface area contributed by atoms with E-state index in [1.807, 2.05) is 25.1 Å². The van der Waals surface area contributed by atoms with Gasteiger partial charge in [0.2, 0.25) is 0 Å². The van der Waals surface area contributed by atoms with Crippen LogP contribution in [0.25, 0.3) is 0 Å². The minimum atomic E-state index is -0.0775. The molecule has 0 aromatic heterocycles. The highest BCUT2D eigenvalue weighted by Crippen LogP contribution is 2.27. The molecule has 1 aromatic carbocycles. The van der Waals surface area contributed by atoms with E-state index in [2.05, 4.69) is 26.0 Å². The second-order valence-corrected chi connectivity index (χ2v) is 5.16. The molecule has 1 atom stereocenters. The summed E-state index contributed by atoms with van der Waals surface area (Å²) in [5, 5.41) is 0. The highest BCUT2D eigenvalue weighted by atomic mass is 16.5. The Bertz CT molecular complexity index is 343. The topological polar surface area (TPSA) is 26.3 Å². The van der Waals surface area contributed by atoms with Gasteiger partial charge in [0, 0.05) is 0 Å². The molecule has 0 spiro atoms. The summed E-state index contributed by atoms with van der Waals surface area (Å²) in [6, 6.07) is 10.3. The maximum absolute atomic E-state index is 11.7. The molecule has 0 amide bonds. The Morgan fingerprint density at radius 3 is 2.44 bits per heavy atom. The monoisotopic (exact) mass is 248 g/mol. The van der Waals surface area contributed by atoms with Gasteiger partial charge in [0.25, 0.3) is 0 Å². The maximum Gasteiger partial charge on any atom is 0.306 e. The molecule has 2 nitrogen and oxygen atoms in total. The van der Waals surface area contributed by atoms with E-state index in [9.17, 15) is 4.79 Å². The van der Waals surface area contributed by atoms with Crippen LogP contribution in [-0.2, 0) is 9.53 Å². The number of hydrogen-bond acceptors (Lipinski definition) is 2. The molecule has 0 bridgehead atoms. The summed E-state index contributed by atoms with van der Waals surface area (Å²) in [6.07, 6.45) is 2.39. The molecule has 0 saturated heterocycles. The van der Waals surface area contributed by atoms with Gasteiger partial charge in [-0.15, -0.1) is 0 Å². The highest BCUT2D eigenvalue weighted by Gasteiger charge is 2.18. The fourth-order valence-electron chi connectivity index (χ4n) is 2.11. The Balaban J connectivity index is 2.64. The van der Waals surface area contributed by atoms with Crippen molar-refractivity contribution in [3.05, 3.63) is 35.9 Å². The minimum absolute atomic E-state index is 0.0775. The zero-order valence-corrected chi connectivity index (χ0v) is 11.7. The zero-order valence-electron chi connectivity index (χ0n) is 11.7. The lowest BCUT2D eigenvalue weighted by atomic mass is 9.88. The van der Waals surface area contributed by atoms with E-state index in [1.54, 1.807) is 0 Å². The van der Waals surface area contributed by atoms with Gasteiger partial charge in [-0.3, -0.25) is 4.79 Å². The largest absolute Gasteiger partial charge is 0.466 e. The predicted molar refractivity (Wildman–Crippen MR) is 74.5 cm³/mol. The second-order valence-electron chi connectivity index (χ2n) is 5.16. The van der Waals surface area contributed by atoms with Crippen LogP contribution in [0.4, 0.5) is 0 Å². The summed E-state index contributed by atoms with van der Waals surface area (Å²) in [4.78, 5) is 11.7. The van der Waals surface area contributed by atoms with Gasteiger partial charge in [-0.1, -0.05) is 51.1 Å². The fraction of sp³-hybridized carbons (Fsp3) is 0.562. The van der Waals surface area contributed by atoms with Crippen molar-refractivity contribution in [1.82, 2.24) is 0 Å². The Morgan fingerprint density at radius 2 is 1.89 bits per heavy atom. The standard InChI is InChI=1S/C16H24O2/c1-4-10-18-16(17)12-15(11-13(2)3)14-8-6-5-7-9-14/h5-9,13,15H,4,10-12H2,1-3H3. The van der Waals surface area contributed by atoms with Crippen molar-refractivity contribution >= 4 is 5.97 Å². The Kier molecular flexibility index (Phi) is 6.48. The van der Waals surface area contributed by atoms with Crippen molar-refractivity contribution in [3.63, 3.8) is 0 Å². The summed E-state index contributed by atoms with van der Waals surface area (Å²) in [7, 11) is 0. The van der Waals surface area contributed by atoms with Crippen LogP contribution >= 0.6 is 0 Å². The molecule has 0 aliphatic heterocycles. The summed E-state index contributed by atoms with van der Waals surface area (Å²) in [5.41, 5.74) is 1.24. The van der Waals surface area contributed by atoms with E-state index < -0.39 is 0 Å². The fourth-order valence-corrected chi connectivity index (χ4v) is 2.11. The first-order valence-corrected chi connectivity index (χ1v) is 6.84. The van der Waals surface area contributed by atoms with E-state index in [0.29, 0.717) is 18.9 Å². The van der Waals surface area contributed by atoms with E-state index in [4.69, 9.17) is 4.74 Å². The van der Waals surface area contributed by atoms with E-state index in [1.165, 1.54) is 5.56 Å². The molecule has 100 valence electrons. The van der Waals surface area contributed by atoms with Gasteiger partial charge in [-0.05, 0) is 30.2 Å².